The van der Waals surface area contributed by atoms with Crippen molar-refractivity contribution >= 4 is 12.2 Å². The largest absolute Gasteiger partial charge is 0.387 e. The van der Waals surface area contributed by atoms with Gasteiger partial charge in [0.1, 0.15) is 6.33 Å². The van der Waals surface area contributed by atoms with E-state index in [1.807, 2.05) is 0 Å². The minimum Gasteiger partial charge on any atom is -0.387 e. The van der Waals surface area contributed by atoms with Gasteiger partial charge in [-0.25, -0.2) is 4.98 Å². The van der Waals surface area contributed by atoms with E-state index in [-0.39, 0.29) is 11.3 Å². The number of benzene rings is 1. The van der Waals surface area contributed by atoms with Crippen LogP contribution in [0, 0.1) is 23.0 Å². The van der Waals surface area contributed by atoms with Gasteiger partial charge < -0.3 is 5.11 Å². The lowest BCUT2D eigenvalue weighted by atomic mass is 9.72. The summed E-state index contributed by atoms with van der Waals surface area (Å²) < 4.78 is 2.28. The molecule has 23 heavy (non-hydrogen) atoms. The zero-order valence-electron chi connectivity index (χ0n) is 14.0. The number of H-pyrrole nitrogens is 1. The van der Waals surface area contributed by atoms with E-state index in [9.17, 15) is 5.11 Å². The number of nitrogens with zero attached hydrogens (tertiary/aromatic N) is 2. The second-order valence-electron chi connectivity index (χ2n) is 7.49. The molecule has 1 aliphatic rings. The van der Waals surface area contributed by atoms with Crippen LogP contribution >= 0.6 is 12.2 Å². The van der Waals surface area contributed by atoms with E-state index in [1.165, 1.54) is 11.1 Å². The molecule has 4 nitrogen and oxygen atoms in total. The van der Waals surface area contributed by atoms with E-state index in [2.05, 4.69) is 55.1 Å². The zero-order chi connectivity index (χ0) is 16.7. The summed E-state index contributed by atoms with van der Waals surface area (Å²) in [5, 5.41) is 14.6. The van der Waals surface area contributed by atoms with Crippen LogP contribution in [0.4, 0.5) is 0 Å². The van der Waals surface area contributed by atoms with Crippen LogP contribution in [0.1, 0.15) is 37.8 Å². The number of aliphatic hydroxyl groups is 1. The summed E-state index contributed by atoms with van der Waals surface area (Å²) in [7, 11) is 0. The Balaban J connectivity index is 1.89. The van der Waals surface area contributed by atoms with Crippen LogP contribution in [0.5, 0.6) is 0 Å². The smallest absolute Gasteiger partial charge is 0.215 e. The van der Waals surface area contributed by atoms with Crippen molar-refractivity contribution in [3.8, 4) is 0 Å². The predicted octanol–water partition coefficient (Wildman–Crippen LogP) is 3.66. The lowest BCUT2D eigenvalue weighted by Crippen LogP contribution is -2.49. The van der Waals surface area contributed by atoms with E-state index in [4.69, 9.17) is 12.2 Å². The fraction of sp³-hybridized carbons (Fsp3) is 0.556. The molecule has 2 N–H and O–H groups in total. The van der Waals surface area contributed by atoms with E-state index in [0.717, 1.165) is 19.3 Å². The average molecular weight is 331 g/mol. The van der Waals surface area contributed by atoms with Gasteiger partial charge in [0.15, 0.2) is 0 Å². The Bertz CT molecular complexity index is 748. The lowest BCUT2D eigenvalue weighted by Gasteiger charge is -2.41. The molecule has 0 amide bonds. The third-order valence-electron chi connectivity index (χ3n) is 5.55. The minimum atomic E-state index is -0.804. The Labute approximate surface area is 142 Å². The van der Waals surface area contributed by atoms with Crippen LogP contribution in [-0.2, 0) is 13.0 Å². The zero-order valence-corrected chi connectivity index (χ0v) is 14.9. The van der Waals surface area contributed by atoms with Gasteiger partial charge in [0, 0.05) is 0 Å². The Kier molecular flexibility index (Phi) is 4.19. The second kappa shape index (κ2) is 5.87. The molecule has 0 radical (unpaired) electrons. The number of rotatable bonds is 4. The molecule has 1 aliphatic carbocycles. The Hall–Kier alpha value is -1.46. The number of aromatic nitrogens is 3. The van der Waals surface area contributed by atoms with Crippen molar-refractivity contribution in [1.82, 2.24) is 14.8 Å². The van der Waals surface area contributed by atoms with Crippen LogP contribution in [0.3, 0.4) is 0 Å². The van der Waals surface area contributed by atoms with Crippen LogP contribution in [-0.4, -0.2) is 25.5 Å². The standard InChI is InChI=1S/C18H25N3OS/c1-13-5-4-6-14(9-13)10-15-7-8-17(2,3)18(15,22)11-21-16(23)19-12-20-21/h4-6,9,12,15,22H,7-8,10-11H2,1-3H3,(H,19,20,23). The molecule has 0 saturated heterocycles. The highest BCUT2D eigenvalue weighted by molar-refractivity contribution is 7.71. The molecule has 1 saturated carbocycles. The first-order valence-electron chi connectivity index (χ1n) is 8.20. The molecule has 5 heteroatoms. The highest BCUT2D eigenvalue weighted by atomic mass is 32.1. The van der Waals surface area contributed by atoms with E-state index < -0.39 is 5.60 Å². The van der Waals surface area contributed by atoms with Gasteiger partial charge in [-0.3, -0.25) is 9.78 Å². The van der Waals surface area contributed by atoms with Crippen molar-refractivity contribution in [2.45, 2.75) is 52.2 Å². The van der Waals surface area contributed by atoms with Crippen LogP contribution in [0.2, 0.25) is 0 Å². The molecular formula is C18H25N3OS. The third kappa shape index (κ3) is 3.00. The molecule has 0 aliphatic heterocycles. The van der Waals surface area contributed by atoms with Gasteiger partial charge >= 0.3 is 0 Å². The lowest BCUT2D eigenvalue weighted by molar-refractivity contribution is -0.0909. The van der Waals surface area contributed by atoms with Crippen molar-refractivity contribution in [2.75, 3.05) is 0 Å². The molecule has 1 heterocycles. The van der Waals surface area contributed by atoms with Crippen molar-refractivity contribution in [2.24, 2.45) is 11.3 Å². The summed E-state index contributed by atoms with van der Waals surface area (Å²) in [6.45, 7) is 6.89. The molecule has 1 aromatic heterocycles. The van der Waals surface area contributed by atoms with Gasteiger partial charge in [-0.15, -0.1) is 0 Å². The predicted molar refractivity (Wildman–Crippen MR) is 93.7 cm³/mol. The average Bonchev–Trinajstić information content (AvgIpc) is 2.96. The number of hydrogen-bond acceptors (Lipinski definition) is 3. The second-order valence-corrected chi connectivity index (χ2v) is 7.86. The van der Waals surface area contributed by atoms with Gasteiger partial charge in [0.05, 0.1) is 12.1 Å². The Morgan fingerprint density at radius 2 is 2.22 bits per heavy atom. The Morgan fingerprint density at radius 1 is 1.43 bits per heavy atom. The summed E-state index contributed by atoms with van der Waals surface area (Å²) in [5.41, 5.74) is 1.60. The van der Waals surface area contributed by atoms with E-state index >= 15 is 0 Å². The fourth-order valence-electron chi connectivity index (χ4n) is 3.91. The SMILES string of the molecule is Cc1cccc(CC2CCC(C)(C)C2(O)Cn2[nH]cnc2=S)c1. The molecule has 0 spiro atoms. The summed E-state index contributed by atoms with van der Waals surface area (Å²) in [6.07, 6.45) is 4.52. The molecular weight excluding hydrogens is 306 g/mol. The number of aryl methyl sites for hydroxylation is 1. The van der Waals surface area contributed by atoms with Crippen LogP contribution in [0.15, 0.2) is 30.6 Å². The van der Waals surface area contributed by atoms with Gasteiger partial charge in [-0.1, -0.05) is 43.7 Å². The maximum Gasteiger partial charge on any atom is 0.215 e. The monoisotopic (exact) mass is 331 g/mol. The quantitative estimate of drug-likeness (QED) is 0.841. The van der Waals surface area contributed by atoms with Crippen molar-refractivity contribution in [1.29, 1.82) is 0 Å². The van der Waals surface area contributed by atoms with Gasteiger partial charge in [-0.2, -0.15) is 0 Å². The number of hydrogen-bond donors (Lipinski definition) is 2. The molecule has 1 fully saturated rings. The summed E-state index contributed by atoms with van der Waals surface area (Å²) in [4.78, 5) is 4.07. The maximum absolute atomic E-state index is 11.6. The summed E-state index contributed by atoms with van der Waals surface area (Å²) in [6, 6.07) is 8.57. The minimum absolute atomic E-state index is 0.151. The highest BCUT2D eigenvalue weighted by Gasteiger charge is 2.54. The van der Waals surface area contributed by atoms with Crippen molar-refractivity contribution < 1.29 is 5.11 Å². The van der Waals surface area contributed by atoms with E-state index in [1.54, 1.807) is 11.0 Å². The topological polar surface area (TPSA) is 53.8 Å². The first-order chi connectivity index (χ1) is 10.8. The van der Waals surface area contributed by atoms with Crippen molar-refractivity contribution in [3.63, 3.8) is 0 Å². The van der Waals surface area contributed by atoms with Crippen LogP contribution < -0.4 is 0 Å². The molecule has 2 atom stereocenters. The summed E-state index contributed by atoms with van der Waals surface area (Å²) >= 11 is 5.24. The van der Waals surface area contributed by atoms with Gasteiger partial charge in [0.25, 0.3) is 0 Å². The highest BCUT2D eigenvalue weighted by Crippen LogP contribution is 2.51. The summed E-state index contributed by atoms with van der Waals surface area (Å²) in [5.74, 6) is 0.212. The number of aromatic amines is 1. The molecule has 2 unspecified atom stereocenters. The molecule has 124 valence electrons. The fourth-order valence-corrected chi connectivity index (χ4v) is 4.08. The van der Waals surface area contributed by atoms with E-state index in [0.29, 0.717) is 11.3 Å². The van der Waals surface area contributed by atoms with Gasteiger partial charge in [-0.05, 0) is 55.3 Å². The van der Waals surface area contributed by atoms with Crippen molar-refractivity contribution in [3.05, 3.63) is 46.5 Å². The number of nitrogens with one attached hydrogen (secondary N) is 1. The normalized spacial score (nSPS) is 26.5. The molecule has 2 aromatic rings. The Morgan fingerprint density at radius 3 is 2.87 bits per heavy atom. The first-order valence-corrected chi connectivity index (χ1v) is 8.61. The molecule has 1 aromatic carbocycles. The first kappa shape index (κ1) is 16.4. The van der Waals surface area contributed by atoms with Crippen LogP contribution in [0.25, 0.3) is 0 Å². The third-order valence-corrected chi connectivity index (χ3v) is 5.87. The maximum atomic E-state index is 11.6. The molecule has 3 rings (SSSR count). The van der Waals surface area contributed by atoms with Gasteiger partial charge in [0.2, 0.25) is 4.77 Å². The molecule has 0 bridgehead atoms.